The van der Waals surface area contributed by atoms with Gasteiger partial charge < -0.3 is 4.74 Å². The highest BCUT2D eigenvalue weighted by atomic mass is 16.5. The Balaban J connectivity index is 4.10. The molecule has 0 spiro atoms. The zero-order valence-electron chi connectivity index (χ0n) is 7.70. The van der Waals surface area contributed by atoms with Gasteiger partial charge in [0.05, 0.1) is 7.11 Å². The van der Waals surface area contributed by atoms with Gasteiger partial charge in [-0.3, -0.25) is 0 Å². The summed E-state index contributed by atoms with van der Waals surface area (Å²) in [6.07, 6.45) is 8.97. The number of carbonyl (C=O) groups is 1. The first kappa shape index (κ1) is 10.7. The van der Waals surface area contributed by atoms with Crippen LogP contribution in [-0.2, 0) is 9.53 Å². The van der Waals surface area contributed by atoms with E-state index in [0.29, 0.717) is 0 Å². The molecule has 0 saturated carbocycles. The van der Waals surface area contributed by atoms with E-state index in [1.807, 2.05) is 38.2 Å². The summed E-state index contributed by atoms with van der Waals surface area (Å²) in [5.41, 5.74) is 0.875. The maximum atomic E-state index is 10.7. The van der Waals surface area contributed by atoms with Crippen molar-refractivity contribution in [2.45, 2.75) is 13.8 Å². The summed E-state index contributed by atoms with van der Waals surface area (Å²) < 4.78 is 4.46. The van der Waals surface area contributed by atoms with E-state index in [1.165, 1.54) is 13.2 Å². The van der Waals surface area contributed by atoms with E-state index in [4.69, 9.17) is 0 Å². The van der Waals surface area contributed by atoms with Crippen molar-refractivity contribution in [1.82, 2.24) is 0 Å². The molecule has 0 amide bonds. The smallest absolute Gasteiger partial charge is 0.330 e. The third kappa shape index (κ3) is 5.47. The fourth-order valence-corrected chi connectivity index (χ4v) is 0.611. The lowest BCUT2D eigenvalue weighted by Crippen LogP contribution is -1.94. The number of esters is 1. The summed E-state index contributed by atoms with van der Waals surface area (Å²) >= 11 is 0. The Labute approximate surface area is 73.2 Å². The van der Waals surface area contributed by atoms with Gasteiger partial charge in [-0.2, -0.15) is 0 Å². The molecule has 12 heavy (non-hydrogen) atoms. The van der Waals surface area contributed by atoms with Crippen LogP contribution in [0.2, 0.25) is 0 Å². The topological polar surface area (TPSA) is 26.3 Å². The number of methoxy groups -OCH3 is 1. The lowest BCUT2D eigenvalue weighted by Gasteiger charge is -1.91. The highest BCUT2D eigenvalue weighted by molar-refractivity contribution is 5.83. The molecule has 0 aliphatic heterocycles. The molecule has 0 unspecified atom stereocenters. The van der Waals surface area contributed by atoms with Crippen LogP contribution in [0.3, 0.4) is 0 Å². The molecule has 0 saturated heterocycles. The van der Waals surface area contributed by atoms with Gasteiger partial charge in [0, 0.05) is 6.08 Å². The SMILES string of the molecule is C/C=C/C=C/C(C)=C/C(=O)OC. The van der Waals surface area contributed by atoms with Gasteiger partial charge in [0.15, 0.2) is 0 Å². The highest BCUT2D eigenvalue weighted by Gasteiger charge is 1.91. The van der Waals surface area contributed by atoms with Crippen LogP contribution in [0.1, 0.15) is 13.8 Å². The van der Waals surface area contributed by atoms with Crippen molar-refractivity contribution < 1.29 is 9.53 Å². The van der Waals surface area contributed by atoms with Gasteiger partial charge in [-0.05, 0) is 19.4 Å². The van der Waals surface area contributed by atoms with E-state index in [-0.39, 0.29) is 5.97 Å². The van der Waals surface area contributed by atoms with Crippen LogP contribution >= 0.6 is 0 Å². The van der Waals surface area contributed by atoms with Crippen molar-refractivity contribution in [3.8, 4) is 0 Å². The number of ether oxygens (including phenoxy) is 1. The quantitative estimate of drug-likeness (QED) is 0.365. The van der Waals surface area contributed by atoms with Crippen LogP contribution in [-0.4, -0.2) is 13.1 Å². The van der Waals surface area contributed by atoms with Crippen molar-refractivity contribution in [3.05, 3.63) is 36.0 Å². The predicted molar refractivity (Wildman–Crippen MR) is 49.7 cm³/mol. The Hall–Kier alpha value is -1.31. The van der Waals surface area contributed by atoms with Crippen molar-refractivity contribution in [1.29, 1.82) is 0 Å². The highest BCUT2D eigenvalue weighted by Crippen LogP contribution is 1.95. The molecule has 2 nitrogen and oxygen atoms in total. The maximum Gasteiger partial charge on any atom is 0.330 e. The number of hydrogen-bond donors (Lipinski definition) is 0. The third-order valence-electron chi connectivity index (χ3n) is 1.21. The van der Waals surface area contributed by atoms with Gasteiger partial charge in [-0.15, -0.1) is 0 Å². The lowest BCUT2D eigenvalue weighted by atomic mass is 10.2. The molecule has 0 atom stereocenters. The van der Waals surface area contributed by atoms with Crippen molar-refractivity contribution in [2.75, 3.05) is 7.11 Å². The molecule has 0 N–H and O–H groups in total. The molecule has 0 fully saturated rings. The van der Waals surface area contributed by atoms with E-state index in [2.05, 4.69) is 4.74 Å². The Morgan fingerprint density at radius 3 is 2.50 bits per heavy atom. The Morgan fingerprint density at radius 1 is 1.33 bits per heavy atom. The Kier molecular flexibility index (Phi) is 5.70. The van der Waals surface area contributed by atoms with Gasteiger partial charge in [-0.25, -0.2) is 4.79 Å². The van der Waals surface area contributed by atoms with Crippen LogP contribution in [0.25, 0.3) is 0 Å². The summed E-state index contributed by atoms with van der Waals surface area (Å²) in [6.45, 7) is 3.78. The van der Waals surface area contributed by atoms with Crippen LogP contribution in [0.15, 0.2) is 36.0 Å². The Morgan fingerprint density at radius 2 is 2.00 bits per heavy atom. The average molecular weight is 166 g/mol. The Bertz CT molecular complexity index is 222. The minimum absolute atomic E-state index is 0.322. The van der Waals surface area contributed by atoms with Crippen LogP contribution < -0.4 is 0 Å². The molecule has 0 aromatic carbocycles. The summed E-state index contributed by atoms with van der Waals surface area (Å²) in [7, 11) is 1.36. The van der Waals surface area contributed by atoms with Crippen LogP contribution in [0.5, 0.6) is 0 Å². The number of allylic oxidation sites excluding steroid dienone is 5. The molecular formula is C10H14O2. The fraction of sp³-hybridized carbons (Fsp3) is 0.300. The predicted octanol–water partition coefficient (Wildman–Crippen LogP) is 2.24. The van der Waals surface area contributed by atoms with E-state index >= 15 is 0 Å². The van der Waals surface area contributed by atoms with Crippen LogP contribution in [0.4, 0.5) is 0 Å². The summed E-state index contributed by atoms with van der Waals surface area (Å²) in [5.74, 6) is -0.322. The number of rotatable bonds is 3. The van der Waals surface area contributed by atoms with Gasteiger partial charge >= 0.3 is 5.97 Å². The summed E-state index contributed by atoms with van der Waals surface area (Å²) in [5, 5.41) is 0. The molecule has 0 aromatic heterocycles. The van der Waals surface area contributed by atoms with E-state index in [0.717, 1.165) is 5.57 Å². The molecule has 0 rings (SSSR count). The first-order valence-corrected chi connectivity index (χ1v) is 3.76. The lowest BCUT2D eigenvalue weighted by molar-refractivity contribution is -0.134. The molecule has 66 valence electrons. The molecule has 0 bridgehead atoms. The summed E-state index contributed by atoms with van der Waals surface area (Å²) in [6, 6.07) is 0. The maximum absolute atomic E-state index is 10.7. The van der Waals surface area contributed by atoms with Gasteiger partial charge in [0.2, 0.25) is 0 Å². The van der Waals surface area contributed by atoms with E-state index in [9.17, 15) is 4.79 Å². The van der Waals surface area contributed by atoms with E-state index < -0.39 is 0 Å². The first-order valence-electron chi connectivity index (χ1n) is 3.76. The minimum Gasteiger partial charge on any atom is -0.466 e. The van der Waals surface area contributed by atoms with Crippen LogP contribution in [0, 0.1) is 0 Å². The molecule has 0 radical (unpaired) electrons. The molecule has 0 heterocycles. The number of hydrogen-bond acceptors (Lipinski definition) is 2. The summed E-state index contributed by atoms with van der Waals surface area (Å²) in [4.78, 5) is 10.7. The second kappa shape index (κ2) is 6.40. The number of carbonyl (C=O) groups excluding carboxylic acids is 1. The normalized spacial score (nSPS) is 12.8. The molecule has 0 aromatic rings. The zero-order valence-corrected chi connectivity index (χ0v) is 7.70. The molecule has 2 heteroatoms. The monoisotopic (exact) mass is 166 g/mol. The van der Waals surface area contributed by atoms with Gasteiger partial charge in [0.25, 0.3) is 0 Å². The fourth-order valence-electron chi connectivity index (χ4n) is 0.611. The molecule has 0 aliphatic carbocycles. The van der Waals surface area contributed by atoms with Gasteiger partial charge in [0.1, 0.15) is 0 Å². The first-order chi connectivity index (χ1) is 5.70. The van der Waals surface area contributed by atoms with Crippen molar-refractivity contribution >= 4 is 5.97 Å². The third-order valence-corrected chi connectivity index (χ3v) is 1.21. The largest absolute Gasteiger partial charge is 0.466 e. The minimum atomic E-state index is -0.322. The average Bonchev–Trinajstić information content (AvgIpc) is 2.05. The molecular weight excluding hydrogens is 152 g/mol. The van der Waals surface area contributed by atoms with Crippen molar-refractivity contribution in [3.63, 3.8) is 0 Å². The van der Waals surface area contributed by atoms with E-state index in [1.54, 1.807) is 0 Å². The second-order valence-electron chi connectivity index (χ2n) is 2.30. The molecule has 0 aliphatic rings. The van der Waals surface area contributed by atoms with Gasteiger partial charge in [-0.1, -0.05) is 24.3 Å². The zero-order chi connectivity index (χ0) is 9.40. The van der Waals surface area contributed by atoms with Crippen molar-refractivity contribution in [2.24, 2.45) is 0 Å². The standard InChI is InChI=1S/C10H14O2/c1-4-5-6-7-9(2)8-10(11)12-3/h4-8H,1-3H3/b5-4+,7-6+,9-8+. The second-order valence-corrected chi connectivity index (χ2v) is 2.30.